The van der Waals surface area contributed by atoms with Crippen LogP contribution < -0.4 is 38.9 Å². The van der Waals surface area contributed by atoms with E-state index in [0.717, 1.165) is 0 Å². The van der Waals surface area contributed by atoms with E-state index in [2.05, 4.69) is 20.9 Å². The number of hydrogen-bond acceptors (Lipinski definition) is 9. The Kier molecular flexibility index (Phi) is 17.1. The first kappa shape index (κ1) is 33.3. The van der Waals surface area contributed by atoms with Crippen molar-refractivity contribution < 1.29 is 29.1 Å². The normalized spacial score (nSPS) is 14.0. The highest BCUT2D eigenvalue weighted by Gasteiger charge is 2.30. The second kappa shape index (κ2) is 18.5. The Morgan fingerprint density at radius 1 is 0.806 bits per heavy atom. The van der Waals surface area contributed by atoms with Crippen molar-refractivity contribution in [2.75, 3.05) is 30.6 Å². The van der Waals surface area contributed by atoms with E-state index in [4.69, 9.17) is 22.9 Å². The first-order valence-corrected chi connectivity index (χ1v) is 13.9. The highest BCUT2D eigenvalue weighted by molar-refractivity contribution is 7.98. The highest BCUT2D eigenvalue weighted by atomic mass is 32.2. The molecule has 0 fully saturated rings. The molecule has 206 valence electrons. The van der Waals surface area contributed by atoms with E-state index in [1.807, 2.05) is 12.5 Å². The summed E-state index contributed by atoms with van der Waals surface area (Å²) in [6.45, 7) is 0.186. The van der Waals surface area contributed by atoms with E-state index in [0.29, 0.717) is 17.9 Å². The zero-order chi connectivity index (χ0) is 27.7. The van der Waals surface area contributed by atoms with E-state index < -0.39 is 60.2 Å². The van der Waals surface area contributed by atoms with Gasteiger partial charge in [0, 0.05) is 6.54 Å². The molecule has 0 aromatic carbocycles. The predicted octanol–water partition coefficient (Wildman–Crippen LogP) is -2.71. The van der Waals surface area contributed by atoms with Crippen molar-refractivity contribution >= 4 is 59.1 Å². The molecule has 4 unspecified atom stereocenters. The smallest absolute Gasteiger partial charge is 0.326 e. The van der Waals surface area contributed by atoms with Crippen molar-refractivity contribution in [1.82, 2.24) is 16.0 Å². The summed E-state index contributed by atoms with van der Waals surface area (Å²) >= 11 is 2.87. The fourth-order valence-electron chi connectivity index (χ4n) is 2.90. The van der Waals surface area contributed by atoms with Gasteiger partial charge in [-0.2, -0.15) is 23.5 Å². The van der Waals surface area contributed by atoms with Crippen molar-refractivity contribution in [2.24, 2.45) is 27.9 Å². The molecule has 0 aliphatic rings. The van der Waals surface area contributed by atoms with Crippen LogP contribution in [0.1, 0.15) is 32.1 Å². The second-order valence-corrected chi connectivity index (χ2v) is 9.78. The summed E-state index contributed by atoms with van der Waals surface area (Å²) in [7, 11) is 0. The lowest BCUT2D eigenvalue weighted by Crippen LogP contribution is -2.57. The minimum atomic E-state index is -1.24. The molecule has 36 heavy (non-hydrogen) atoms. The summed E-state index contributed by atoms with van der Waals surface area (Å²) in [6, 6.07) is -4.54. The van der Waals surface area contributed by atoms with E-state index in [-0.39, 0.29) is 31.8 Å². The van der Waals surface area contributed by atoms with Gasteiger partial charge < -0.3 is 44.0 Å². The molecule has 0 radical (unpaired) electrons. The van der Waals surface area contributed by atoms with Gasteiger partial charge in [0.1, 0.15) is 18.1 Å². The fraction of sp³-hybridized carbons (Fsp3) is 0.700. The third-order valence-electron chi connectivity index (χ3n) is 4.81. The summed E-state index contributed by atoms with van der Waals surface area (Å²) in [5.74, 6) is -3.19. The molecule has 0 spiro atoms. The molecule has 0 saturated heterocycles. The van der Waals surface area contributed by atoms with Gasteiger partial charge >= 0.3 is 5.97 Å². The Hall–Kier alpha value is -2.72. The standard InChI is InChI=1S/C20H38N8O6S2/c1-35-8-5-13(26-16(30)11(21)10-15(22)29)18(32)27-12(4-3-7-25-20(23)24)17(31)28-14(19(33)34)6-9-36-2/h11-14H,3-10,21H2,1-2H3,(H2,22,29)(H,26,30)(H,27,32)(H,28,31)(H,33,34)(H4,23,24,25). The number of amides is 4. The van der Waals surface area contributed by atoms with Crippen LogP contribution in [0.3, 0.4) is 0 Å². The number of rotatable bonds is 19. The maximum atomic E-state index is 13.0. The first-order valence-electron chi connectivity index (χ1n) is 11.1. The molecule has 12 N–H and O–H groups in total. The minimum absolute atomic E-state index is 0.105. The third-order valence-corrected chi connectivity index (χ3v) is 6.09. The van der Waals surface area contributed by atoms with Gasteiger partial charge in [-0.3, -0.25) is 24.2 Å². The highest BCUT2D eigenvalue weighted by Crippen LogP contribution is 2.07. The van der Waals surface area contributed by atoms with Gasteiger partial charge in [-0.05, 0) is 49.7 Å². The zero-order valence-electron chi connectivity index (χ0n) is 20.5. The number of carboxylic acid groups (broad SMARTS) is 1. The Morgan fingerprint density at radius 2 is 1.28 bits per heavy atom. The molecule has 0 rings (SSSR count). The maximum Gasteiger partial charge on any atom is 0.326 e. The molecule has 0 bridgehead atoms. The Balaban J connectivity index is 5.57. The van der Waals surface area contributed by atoms with Gasteiger partial charge in [0.15, 0.2) is 5.96 Å². The van der Waals surface area contributed by atoms with E-state index >= 15 is 0 Å². The third kappa shape index (κ3) is 14.6. The van der Waals surface area contributed by atoms with Crippen LogP contribution in [0.4, 0.5) is 0 Å². The van der Waals surface area contributed by atoms with Crippen molar-refractivity contribution in [3.63, 3.8) is 0 Å². The quantitative estimate of drug-likeness (QED) is 0.0465. The van der Waals surface area contributed by atoms with E-state index in [1.54, 1.807) is 0 Å². The van der Waals surface area contributed by atoms with E-state index in [9.17, 15) is 29.1 Å². The van der Waals surface area contributed by atoms with Gasteiger partial charge in [0.05, 0.1) is 12.5 Å². The van der Waals surface area contributed by atoms with Crippen molar-refractivity contribution in [1.29, 1.82) is 0 Å². The summed E-state index contributed by atoms with van der Waals surface area (Å²) in [4.78, 5) is 64.8. The number of hydrogen-bond donors (Lipinski definition) is 8. The Bertz CT molecular complexity index is 781. The lowest BCUT2D eigenvalue weighted by atomic mass is 10.1. The molecular formula is C20H38N8O6S2. The molecule has 16 heteroatoms. The zero-order valence-corrected chi connectivity index (χ0v) is 22.2. The lowest BCUT2D eigenvalue weighted by molar-refractivity contribution is -0.142. The number of nitrogens with zero attached hydrogens (tertiary/aromatic N) is 1. The minimum Gasteiger partial charge on any atom is -0.480 e. The average Bonchev–Trinajstić information content (AvgIpc) is 2.79. The first-order chi connectivity index (χ1) is 16.9. The topological polar surface area (TPSA) is 258 Å². The van der Waals surface area contributed by atoms with Crippen molar-refractivity contribution in [3.8, 4) is 0 Å². The molecule has 0 aliphatic carbocycles. The van der Waals surface area contributed by atoms with Gasteiger partial charge in [-0.15, -0.1) is 0 Å². The maximum absolute atomic E-state index is 13.0. The van der Waals surface area contributed by atoms with Crippen LogP contribution in [0.15, 0.2) is 4.99 Å². The molecule has 4 amide bonds. The number of guanidine groups is 1. The Labute approximate surface area is 218 Å². The number of nitrogens with one attached hydrogen (secondary N) is 3. The largest absolute Gasteiger partial charge is 0.480 e. The average molecular weight is 551 g/mol. The number of aliphatic imine (C=N–C) groups is 1. The van der Waals surface area contributed by atoms with Gasteiger partial charge in [0.2, 0.25) is 23.6 Å². The van der Waals surface area contributed by atoms with Gasteiger partial charge in [-0.1, -0.05) is 0 Å². The van der Waals surface area contributed by atoms with Crippen LogP contribution >= 0.6 is 23.5 Å². The number of carbonyl (C=O) groups is 5. The van der Waals surface area contributed by atoms with Crippen LogP contribution in [0.25, 0.3) is 0 Å². The molecule has 14 nitrogen and oxygen atoms in total. The van der Waals surface area contributed by atoms with Crippen LogP contribution in [-0.4, -0.2) is 95.4 Å². The lowest BCUT2D eigenvalue weighted by Gasteiger charge is -2.25. The van der Waals surface area contributed by atoms with E-state index in [1.165, 1.54) is 23.5 Å². The monoisotopic (exact) mass is 550 g/mol. The van der Waals surface area contributed by atoms with Crippen LogP contribution in [-0.2, 0) is 24.0 Å². The SMILES string of the molecule is CSCCC(NC(=O)C(CCCN=C(N)N)NC(=O)C(CCSC)NC(=O)C(N)CC(N)=O)C(=O)O. The fourth-order valence-corrected chi connectivity index (χ4v) is 3.85. The summed E-state index contributed by atoms with van der Waals surface area (Å²) in [5.41, 5.74) is 21.4. The van der Waals surface area contributed by atoms with Crippen LogP contribution in [0, 0.1) is 0 Å². The Morgan fingerprint density at radius 3 is 1.75 bits per heavy atom. The number of carbonyl (C=O) groups excluding carboxylic acids is 4. The van der Waals surface area contributed by atoms with Gasteiger partial charge in [-0.25, -0.2) is 4.79 Å². The van der Waals surface area contributed by atoms with Gasteiger partial charge in [0.25, 0.3) is 0 Å². The summed E-state index contributed by atoms with van der Waals surface area (Å²) in [6.07, 6.45) is 4.06. The van der Waals surface area contributed by atoms with Crippen molar-refractivity contribution in [2.45, 2.75) is 56.3 Å². The number of nitrogens with two attached hydrogens (primary N) is 4. The molecule has 4 atom stereocenters. The summed E-state index contributed by atoms with van der Waals surface area (Å²) in [5, 5.41) is 17.0. The summed E-state index contributed by atoms with van der Waals surface area (Å²) < 4.78 is 0. The molecular weight excluding hydrogens is 512 g/mol. The van der Waals surface area contributed by atoms with Crippen LogP contribution in [0.5, 0.6) is 0 Å². The van der Waals surface area contributed by atoms with Crippen molar-refractivity contribution in [3.05, 3.63) is 0 Å². The number of primary amides is 1. The molecule has 0 heterocycles. The van der Waals surface area contributed by atoms with Crippen LogP contribution in [0.2, 0.25) is 0 Å². The number of aliphatic carboxylic acids is 1. The number of carboxylic acids is 1. The number of thioether (sulfide) groups is 2. The predicted molar refractivity (Wildman–Crippen MR) is 141 cm³/mol. The molecule has 0 aliphatic heterocycles. The molecule has 0 aromatic heterocycles. The second-order valence-electron chi connectivity index (χ2n) is 7.81. The molecule has 0 aromatic rings. The molecule has 0 saturated carbocycles.